The van der Waals surface area contributed by atoms with E-state index in [0.717, 1.165) is 38.3 Å². The van der Waals surface area contributed by atoms with Crippen molar-refractivity contribution in [2.24, 2.45) is 18.7 Å². The Kier molecular flexibility index (Phi) is 3.33. The topological polar surface area (TPSA) is 66.0 Å². The molecule has 0 saturated carbocycles. The molecular weight excluding hydrogens is 192 g/mol. The molecule has 2 rings (SSSR count). The maximum atomic E-state index is 6.17. The van der Waals surface area contributed by atoms with Crippen LogP contribution in [0.3, 0.4) is 0 Å². The summed E-state index contributed by atoms with van der Waals surface area (Å²) in [4.78, 5) is 4.19. The van der Waals surface area contributed by atoms with Crippen molar-refractivity contribution in [1.82, 2.24) is 14.8 Å². The zero-order valence-electron chi connectivity index (χ0n) is 9.09. The maximum Gasteiger partial charge on any atom is 0.138 e. The first-order valence-corrected chi connectivity index (χ1v) is 5.43. The molecule has 0 aromatic carbocycles. The van der Waals surface area contributed by atoms with E-state index in [9.17, 15) is 0 Å². The summed E-state index contributed by atoms with van der Waals surface area (Å²) in [6.45, 7) is 1.69. The van der Waals surface area contributed by atoms with Crippen LogP contribution in [0.1, 0.15) is 18.7 Å². The van der Waals surface area contributed by atoms with Gasteiger partial charge in [-0.25, -0.2) is 4.98 Å². The number of hydrogen-bond acceptors (Lipinski definition) is 4. The van der Waals surface area contributed by atoms with Crippen molar-refractivity contribution in [3.8, 4) is 0 Å². The van der Waals surface area contributed by atoms with Gasteiger partial charge in [-0.15, -0.1) is 0 Å². The molecule has 2 heterocycles. The van der Waals surface area contributed by atoms with Crippen LogP contribution < -0.4 is 5.73 Å². The SMILES string of the molecule is Cn1ncnc1CC(N)C1CCOCC1. The molecule has 1 aromatic heterocycles. The van der Waals surface area contributed by atoms with Gasteiger partial charge in [0.1, 0.15) is 12.2 Å². The molecule has 1 unspecified atom stereocenters. The molecule has 0 bridgehead atoms. The Morgan fingerprint density at radius 2 is 2.33 bits per heavy atom. The van der Waals surface area contributed by atoms with Crippen molar-refractivity contribution in [3.63, 3.8) is 0 Å². The lowest BCUT2D eigenvalue weighted by molar-refractivity contribution is 0.0582. The van der Waals surface area contributed by atoms with Crippen molar-refractivity contribution < 1.29 is 4.74 Å². The minimum Gasteiger partial charge on any atom is -0.381 e. The highest BCUT2D eigenvalue weighted by Gasteiger charge is 2.22. The Morgan fingerprint density at radius 1 is 1.60 bits per heavy atom. The van der Waals surface area contributed by atoms with E-state index in [2.05, 4.69) is 10.1 Å². The second-order valence-corrected chi connectivity index (χ2v) is 4.12. The predicted octanol–water partition coefficient (Wildman–Crippen LogP) is 0.111. The number of nitrogens with two attached hydrogens (primary N) is 1. The average molecular weight is 210 g/mol. The quantitative estimate of drug-likeness (QED) is 0.769. The van der Waals surface area contributed by atoms with Crippen LogP contribution in [0.2, 0.25) is 0 Å². The summed E-state index contributed by atoms with van der Waals surface area (Å²) >= 11 is 0. The van der Waals surface area contributed by atoms with E-state index in [1.54, 1.807) is 11.0 Å². The highest BCUT2D eigenvalue weighted by molar-refractivity contribution is 4.90. The van der Waals surface area contributed by atoms with Crippen LogP contribution in [-0.4, -0.2) is 34.0 Å². The molecule has 0 aliphatic carbocycles. The van der Waals surface area contributed by atoms with E-state index in [1.165, 1.54) is 0 Å². The van der Waals surface area contributed by atoms with Crippen LogP contribution in [0.5, 0.6) is 0 Å². The Bertz CT molecular complexity index is 306. The fourth-order valence-corrected chi connectivity index (χ4v) is 2.03. The lowest BCUT2D eigenvalue weighted by Gasteiger charge is -2.27. The van der Waals surface area contributed by atoms with E-state index in [4.69, 9.17) is 10.5 Å². The molecule has 1 atom stereocenters. The summed E-state index contributed by atoms with van der Waals surface area (Å²) in [5, 5.41) is 4.04. The first-order valence-electron chi connectivity index (χ1n) is 5.43. The van der Waals surface area contributed by atoms with Gasteiger partial charge in [-0.05, 0) is 18.8 Å². The molecule has 1 aliphatic rings. The predicted molar refractivity (Wildman–Crippen MR) is 56.2 cm³/mol. The summed E-state index contributed by atoms with van der Waals surface area (Å²) in [6, 6.07) is 0.178. The smallest absolute Gasteiger partial charge is 0.138 e. The van der Waals surface area contributed by atoms with Crippen molar-refractivity contribution in [3.05, 3.63) is 12.2 Å². The second kappa shape index (κ2) is 4.72. The minimum absolute atomic E-state index is 0.178. The third kappa shape index (κ3) is 2.54. The van der Waals surface area contributed by atoms with Gasteiger partial charge >= 0.3 is 0 Å². The average Bonchev–Trinajstić information content (AvgIpc) is 2.66. The molecule has 0 spiro atoms. The Morgan fingerprint density at radius 3 is 2.93 bits per heavy atom. The third-order valence-corrected chi connectivity index (χ3v) is 3.09. The fourth-order valence-electron chi connectivity index (χ4n) is 2.03. The van der Waals surface area contributed by atoms with E-state index >= 15 is 0 Å². The Balaban J connectivity index is 1.91. The summed E-state index contributed by atoms with van der Waals surface area (Å²) in [5.41, 5.74) is 6.17. The van der Waals surface area contributed by atoms with E-state index in [0.29, 0.717) is 5.92 Å². The van der Waals surface area contributed by atoms with Crippen LogP contribution in [0, 0.1) is 5.92 Å². The molecule has 5 heteroatoms. The van der Waals surface area contributed by atoms with Crippen LogP contribution in [0.15, 0.2) is 6.33 Å². The number of aryl methyl sites for hydroxylation is 1. The van der Waals surface area contributed by atoms with Gasteiger partial charge in [0.25, 0.3) is 0 Å². The lowest BCUT2D eigenvalue weighted by Crippen LogP contribution is -2.36. The second-order valence-electron chi connectivity index (χ2n) is 4.12. The molecule has 1 saturated heterocycles. The zero-order valence-corrected chi connectivity index (χ0v) is 9.09. The van der Waals surface area contributed by atoms with Gasteiger partial charge in [0.05, 0.1) is 0 Å². The van der Waals surface area contributed by atoms with Gasteiger partial charge in [0.2, 0.25) is 0 Å². The minimum atomic E-state index is 0.178. The fraction of sp³-hybridized carbons (Fsp3) is 0.800. The normalized spacial score (nSPS) is 20.4. The molecule has 0 radical (unpaired) electrons. The number of nitrogens with zero attached hydrogens (tertiary/aromatic N) is 3. The van der Waals surface area contributed by atoms with Crippen molar-refractivity contribution >= 4 is 0 Å². The molecule has 1 aromatic rings. The summed E-state index contributed by atoms with van der Waals surface area (Å²) in [6.07, 6.45) is 4.52. The molecule has 5 nitrogen and oxygen atoms in total. The van der Waals surface area contributed by atoms with Gasteiger partial charge in [0, 0.05) is 32.7 Å². The van der Waals surface area contributed by atoms with Gasteiger partial charge in [-0.1, -0.05) is 0 Å². The number of ether oxygens (including phenoxy) is 1. The largest absolute Gasteiger partial charge is 0.381 e. The van der Waals surface area contributed by atoms with Gasteiger partial charge in [-0.3, -0.25) is 4.68 Å². The Labute approximate surface area is 89.6 Å². The monoisotopic (exact) mass is 210 g/mol. The van der Waals surface area contributed by atoms with E-state index in [1.807, 2.05) is 7.05 Å². The van der Waals surface area contributed by atoms with Crippen molar-refractivity contribution in [2.45, 2.75) is 25.3 Å². The highest BCUT2D eigenvalue weighted by Crippen LogP contribution is 2.19. The first-order chi connectivity index (χ1) is 7.27. The first kappa shape index (κ1) is 10.6. The molecule has 15 heavy (non-hydrogen) atoms. The van der Waals surface area contributed by atoms with E-state index in [-0.39, 0.29) is 6.04 Å². The van der Waals surface area contributed by atoms with Crippen LogP contribution in [-0.2, 0) is 18.2 Å². The summed E-state index contributed by atoms with van der Waals surface area (Å²) in [7, 11) is 1.90. The zero-order chi connectivity index (χ0) is 10.7. The van der Waals surface area contributed by atoms with Gasteiger partial charge in [-0.2, -0.15) is 5.10 Å². The number of rotatable bonds is 3. The van der Waals surface area contributed by atoms with Crippen molar-refractivity contribution in [2.75, 3.05) is 13.2 Å². The number of aromatic nitrogens is 3. The molecular formula is C10H18N4O. The molecule has 1 fully saturated rings. The highest BCUT2D eigenvalue weighted by atomic mass is 16.5. The maximum absolute atomic E-state index is 6.17. The van der Waals surface area contributed by atoms with Crippen molar-refractivity contribution in [1.29, 1.82) is 0 Å². The lowest BCUT2D eigenvalue weighted by atomic mass is 9.90. The van der Waals surface area contributed by atoms with Crippen LogP contribution in [0.4, 0.5) is 0 Å². The molecule has 84 valence electrons. The molecule has 0 amide bonds. The van der Waals surface area contributed by atoms with Crippen LogP contribution >= 0.6 is 0 Å². The standard InChI is InChI=1S/C10H18N4O/c1-14-10(12-7-13-14)6-9(11)8-2-4-15-5-3-8/h7-9H,2-6,11H2,1H3. The third-order valence-electron chi connectivity index (χ3n) is 3.09. The summed E-state index contributed by atoms with van der Waals surface area (Å²) < 4.78 is 7.11. The van der Waals surface area contributed by atoms with Crippen LogP contribution in [0.25, 0.3) is 0 Å². The molecule has 1 aliphatic heterocycles. The summed E-state index contributed by atoms with van der Waals surface area (Å²) in [5.74, 6) is 1.53. The Hall–Kier alpha value is -0.940. The van der Waals surface area contributed by atoms with Gasteiger partial charge < -0.3 is 10.5 Å². The van der Waals surface area contributed by atoms with E-state index < -0.39 is 0 Å². The molecule has 2 N–H and O–H groups in total. The number of hydrogen-bond donors (Lipinski definition) is 1. The van der Waals surface area contributed by atoms with Gasteiger partial charge in [0.15, 0.2) is 0 Å².